The molecule has 0 aliphatic heterocycles. The number of aryl methyl sites for hydroxylation is 1. The van der Waals surface area contributed by atoms with Crippen molar-refractivity contribution in [3.05, 3.63) is 29.3 Å². The van der Waals surface area contributed by atoms with Crippen LogP contribution < -0.4 is 5.32 Å². The van der Waals surface area contributed by atoms with Gasteiger partial charge in [-0.15, -0.1) is 11.3 Å². The summed E-state index contributed by atoms with van der Waals surface area (Å²) in [6.45, 7) is 6.25. The van der Waals surface area contributed by atoms with Crippen LogP contribution in [0.4, 0.5) is 0 Å². The molecule has 0 aliphatic carbocycles. The zero-order chi connectivity index (χ0) is 14.6. The fraction of sp³-hybridized carbons (Fsp3) is 0.533. The van der Waals surface area contributed by atoms with Crippen LogP contribution in [-0.2, 0) is 13.6 Å². The van der Waals surface area contributed by atoms with Gasteiger partial charge in [-0.1, -0.05) is 19.9 Å². The Morgan fingerprint density at radius 3 is 2.90 bits per heavy atom. The zero-order valence-corrected chi connectivity index (χ0v) is 13.2. The monoisotopic (exact) mass is 293 g/mol. The van der Waals surface area contributed by atoms with Crippen LogP contribution >= 0.6 is 11.3 Å². The molecule has 110 valence electrons. The van der Waals surface area contributed by atoms with Gasteiger partial charge in [0, 0.05) is 38.5 Å². The van der Waals surface area contributed by atoms with E-state index in [-0.39, 0.29) is 12.0 Å². The highest BCUT2D eigenvalue weighted by molar-refractivity contribution is 7.13. The average molecular weight is 293 g/mol. The molecule has 2 aromatic rings. The van der Waals surface area contributed by atoms with Crippen molar-refractivity contribution in [2.75, 3.05) is 13.2 Å². The van der Waals surface area contributed by atoms with Gasteiger partial charge in [0.25, 0.3) is 0 Å². The molecule has 2 heterocycles. The van der Waals surface area contributed by atoms with E-state index in [1.165, 1.54) is 10.4 Å². The minimum atomic E-state index is 0.111. The van der Waals surface area contributed by atoms with E-state index in [2.05, 4.69) is 48.0 Å². The summed E-state index contributed by atoms with van der Waals surface area (Å²) < 4.78 is 1.87. The molecule has 0 amide bonds. The molecule has 20 heavy (non-hydrogen) atoms. The molecule has 0 unspecified atom stereocenters. The number of nitrogens with zero attached hydrogens (tertiary/aromatic N) is 2. The topological polar surface area (TPSA) is 50.1 Å². The first kappa shape index (κ1) is 15.2. The van der Waals surface area contributed by atoms with Gasteiger partial charge in [0.2, 0.25) is 0 Å². The zero-order valence-electron chi connectivity index (χ0n) is 12.4. The summed E-state index contributed by atoms with van der Waals surface area (Å²) in [5, 5.41) is 19.2. The van der Waals surface area contributed by atoms with E-state index in [0.29, 0.717) is 0 Å². The Kier molecular flexibility index (Phi) is 4.96. The minimum Gasteiger partial charge on any atom is -0.396 e. The lowest BCUT2D eigenvalue weighted by Gasteiger charge is -2.23. The lowest BCUT2D eigenvalue weighted by molar-refractivity contribution is 0.207. The van der Waals surface area contributed by atoms with E-state index in [1.54, 1.807) is 11.3 Å². The molecule has 0 saturated carbocycles. The van der Waals surface area contributed by atoms with E-state index in [9.17, 15) is 0 Å². The second-order valence-electron chi connectivity index (χ2n) is 5.90. The van der Waals surface area contributed by atoms with Crippen molar-refractivity contribution in [1.29, 1.82) is 0 Å². The summed E-state index contributed by atoms with van der Waals surface area (Å²) >= 11 is 1.71. The number of hydrogen-bond donors (Lipinski definition) is 2. The summed E-state index contributed by atoms with van der Waals surface area (Å²) in [7, 11) is 1.95. The number of aliphatic hydroxyl groups excluding tert-OH is 1. The molecule has 2 aromatic heterocycles. The number of rotatable bonds is 7. The van der Waals surface area contributed by atoms with E-state index in [4.69, 9.17) is 5.11 Å². The first-order valence-corrected chi connectivity index (χ1v) is 7.78. The third kappa shape index (κ3) is 3.91. The summed E-state index contributed by atoms with van der Waals surface area (Å²) in [4.78, 5) is 1.21. The summed E-state index contributed by atoms with van der Waals surface area (Å²) in [6, 6.07) is 4.16. The van der Waals surface area contributed by atoms with Gasteiger partial charge in [0.1, 0.15) is 5.69 Å². The van der Waals surface area contributed by atoms with Gasteiger partial charge in [-0.2, -0.15) is 5.10 Å². The second kappa shape index (κ2) is 6.52. The Labute approximate surface area is 124 Å². The van der Waals surface area contributed by atoms with Crippen LogP contribution in [-0.4, -0.2) is 28.0 Å². The van der Waals surface area contributed by atoms with Gasteiger partial charge < -0.3 is 10.4 Å². The van der Waals surface area contributed by atoms with Gasteiger partial charge in [-0.3, -0.25) is 4.68 Å². The van der Waals surface area contributed by atoms with Crippen LogP contribution in [0.1, 0.15) is 25.8 Å². The van der Waals surface area contributed by atoms with Crippen molar-refractivity contribution in [3.8, 4) is 10.6 Å². The predicted octanol–water partition coefficient (Wildman–Crippen LogP) is 2.65. The van der Waals surface area contributed by atoms with Crippen LogP contribution in [0, 0.1) is 5.41 Å². The lowest BCUT2D eigenvalue weighted by Crippen LogP contribution is -2.29. The molecule has 5 heteroatoms. The molecule has 0 spiro atoms. The first-order valence-electron chi connectivity index (χ1n) is 6.90. The normalized spacial score (nSPS) is 12.0. The maximum Gasteiger partial charge on any atom is 0.107 e. The van der Waals surface area contributed by atoms with E-state index in [0.717, 1.165) is 25.2 Å². The molecule has 2 rings (SSSR count). The number of aliphatic hydroxyl groups is 1. The van der Waals surface area contributed by atoms with Crippen molar-refractivity contribution >= 4 is 11.3 Å². The van der Waals surface area contributed by atoms with Gasteiger partial charge in [0.15, 0.2) is 0 Å². The molecule has 0 atom stereocenters. The van der Waals surface area contributed by atoms with E-state index >= 15 is 0 Å². The van der Waals surface area contributed by atoms with Crippen molar-refractivity contribution in [3.63, 3.8) is 0 Å². The molecule has 0 fully saturated rings. The fourth-order valence-electron chi connectivity index (χ4n) is 2.21. The highest BCUT2D eigenvalue weighted by atomic mass is 32.1. The maximum atomic E-state index is 9.05. The molecule has 0 bridgehead atoms. The van der Waals surface area contributed by atoms with Gasteiger partial charge in [-0.25, -0.2) is 0 Å². The molecule has 2 N–H and O–H groups in total. The molecule has 0 radical (unpaired) electrons. The fourth-order valence-corrected chi connectivity index (χ4v) is 2.96. The highest BCUT2D eigenvalue weighted by Crippen LogP contribution is 2.26. The van der Waals surface area contributed by atoms with Gasteiger partial charge in [0.05, 0.1) is 4.88 Å². The standard InChI is InChI=1S/C15H23N3OS/c1-15(2,6-7-19)11-16-9-12-10-18(3)17-14(12)13-5-4-8-20-13/h4-5,8,10,16,19H,6-7,9,11H2,1-3H3. The third-order valence-electron chi connectivity index (χ3n) is 3.37. The first-order chi connectivity index (χ1) is 9.52. The number of nitrogens with one attached hydrogen (secondary N) is 1. The highest BCUT2D eigenvalue weighted by Gasteiger charge is 2.17. The molecular weight excluding hydrogens is 270 g/mol. The van der Waals surface area contributed by atoms with Gasteiger partial charge >= 0.3 is 0 Å². The van der Waals surface area contributed by atoms with Crippen LogP contribution in [0.25, 0.3) is 10.6 Å². The number of thiophene rings is 1. The SMILES string of the molecule is Cn1cc(CNCC(C)(C)CCO)c(-c2cccs2)n1. The Balaban J connectivity index is 2.00. The predicted molar refractivity (Wildman–Crippen MR) is 83.7 cm³/mol. The lowest BCUT2D eigenvalue weighted by atomic mass is 9.90. The molecule has 0 saturated heterocycles. The third-order valence-corrected chi connectivity index (χ3v) is 4.24. The largest absolute Gasteiger partial charge is 0.396 e. The van der Waals surface area contributed by atoms with Crippen molar-refractivity contribution in [2.45, 2.75) is 26.8 Å². The van der Waals surface area contributed by atoms with Crippen molar-refractivity contribution in [1.82, 2.24) is 15.1 Å². The molecular formula is C15H23N3OS. The molecule has 4 nitrogen and oxygen atoms in total. The Morgan fingerprint density at radius 1 is 1.45 bits per heavy atom. The Morgan fingerprint density at radius 2 is 2.25 bits per heavy atom. The minimum absolute atomic E-state index is 0.111. The number of hydrogen-bond acceptors (Lipinski definition) is 4. The average Bonchev–Trinajstić information content (AvgIpc) is 2.98. The summed E-state index contributed by atoms with van der Waals surface area (Å²) in [5.74, 6) is 0. The number of aromatic nitrogens is 2. The Bertz CT molecular complexity index is 531. The Hall–Kier alpha value is -1.17. The molecule has 0 aromatic carbocycles. The van der Waals surface area contributed by atoms with Crippen LogP contribution in [0.3, 0.4) is 0 Å². The quantitative estimate of drug-likeness (QED) is 0.825. The van der Waals surface area contributed by atoms with Crippen molar-refractivity contribution in [2.24, 2.45) is 12.5 Å². The van der Waals surface area contributed by atoms with Crippen LogP contribution in [0.2, 0.25) is 0 Å². The van der Waals surface area contributed by atoms with E-state index in [1.807, 2.05) is 11.7 Å². The maximum absolute atomic E-state index is 9.05. The van der Waals surface area contributed by atoms with Crippen LogP contribution in [0.15, 0.2) is 23.7 Å². The van der Waals surface area contributed by atoms with E-state index < -0.39 is 0 Å². The smallest absolute Gasteiger partial charge is 0.107 e. The van der Waals surface area contributed by atoms with Crippen molar-refractivity contribution < 1.29 is 5.11 Å². The van der Waals surface area contributed by atoms with Gasteiger partial charge in [-0.05, 0) is 23.3 Å². The van der Waals surface area contributed by atoms with Crippen LogP contribution in [0.5, 0.6) is 0 Å². The second-order valence-corrected chi connectivity index (χ2v) is 6.84. The molecule has 0 aliphatic rings. The summed E-state index contributed by atoms with van der Waals surface area (Å²) in [6.07, 6.45) is 2.88. The summed E-state index contributed by atoms with van der Waals surface area (Å²) in [5.41, 5.74) is 2.39.